The molecular weight excluding hydrogens is 318 g/mol. The van der Waals surface area contributed by atoms with E-state index in [1.54, 1.807) is 6.33 Å². The lowest BCUT2D eigenvalue weighted by Crippen LogP contribution is -2.38. The molecule has 25 heavy (non-hydrogen) atoms. The van der Waals surface area contributed by atoms with E-state index in [2.05, 4.69) is 27.1 Å². The molecule has 3 heterocycles. The number of nitrogens with two attached hydrogens (primary N) is 1. The number of imidazole rings is 1. The number of nitrogen functional groups attached to an aromatic ring is 1. The first-order valence-corrected chi connectivity index (χ1v) is 8.53. The molecule has 1 fully saturated rings. The fraction of sp³-hybridized carbons (Fsp3) is 0.389. The first-order chi connectivity index (χ1) is 12.3. The Labute approximate surface area is 145 Å². The van der Waals surface area contributed by atoms with Crippen LogP contribution in [0.1, 0.15) is 24.8 Å². The van der Waals surface area contributed by atoms with Crippen molar-refractivity contribution in [1.82, 2.24) is 19.5 Å². The number of benzene rings is 1. The molecule has 7 nitrogen and oxygen atoms in total. The predicted molar refractivity (Wildman–Crippen MR) is 93.6 cm³/mol. The molecule has 2 N–H and O–H groups in total. The Morgan fingerprint density at radius 1 is 1.08 bits per heavy atom. The summed E-state index contributed by atoms with van der Waals surface area (Å²) in [6.45, 7) is 2.19. The summed E-state index contributed by atoms with van der Waals surface area (Å²) in [6, 6.07) is 10.2. The second kappa shape index (κ2) is 6.78. The molecule has 0 saturated carbocycles. The van der Waals surface area contributed by atoms with Crippen LogP contribution in [0, 0.1) is 0 Å². The molecule has 0 atom stereocenters. The highest BCUT2D eigenvalue weighted by atomic mass is 16.7. The van der Waals surface area contributed by atoms with E-state index in [1.807, 2.05) is 22.8 Å². The van der Waals surface area contributed by atoms with Gasteiger partial charge in [0.25, 0.3) is 0 Å². The van der Waals surface area contributed by atoms with Crippen molar-refractivity contribution in [2.75, 3.05) is 18.9 Å². The van der Waals surface area contributed by atoms with Gasteiger partial charge in [0.1, 0.15) is 11.8 Å². The lowest BCUT2D eigenvalue weighted by Gasteiger charge is -2.37. The lowest BCUT2D eigenvalue weighted by molar-refractivity contribution is -0.280. The van der Waals surface area contributed by atoms with E-state index in [0.29, 0.717) is 24.5 Å². The van der Waals surface area contributed by atoms with Crippen LogP contribution >= 0.6 is 0 Å². The van der Waals surface area contributed by atoms with Gasteiger partial charge in [0.05, 0.1) is 19.5 Å². The minimum Gasteiger partial charge on any atom is -0.382 e. The molecule has 0 amide bonds. The first-order valence-electron chi connectivity index (χ1n) is 8.53. The van der Waals surface area contributed by atoms with Crippen molar-refractivity contribution in [1.29, 1.82) is 0 Å². The molecule has 1 saturated heterocycles. The molecule has 4 rings (SSSR count). The zero-order valence-corrected chi connectivity index (χ0v) is 14.0. The SMILES string of the molecule is Nc1ncnc2c1ncn2CCCC1(c2ccccc2)OCCCO1. The Morgan fingerprint density at radius 3 is 2.68 bits per heavy atom. The van der Waals surface area contributed by atoms with Gasteiger partial charge >= 0.3 is 0 Å². The van der Waals surface area contributed by atoms with E-state index in [4.69, 9.17) is 15.2 Å². The van der Waals surface area contributed by atoms with E-state index < -0.39 is 5.79 Å². The minimum absolute atomic E-state index is 0.406. The maximum absolute atomic E-state index is 6.08. The molecule has 3 aromatic rings. The molecule has 1 aliphatic rings. The van der Waals surface area contributed by atoms with Crippen LogP contribution < -0.4 is 5.73 Å². The highest BCUT2D eigenvalue weighted by Crippen LogP contribution is 2.35. The Bertz CT molecular complexity index is 843. The Hall–Kier alpha value is -2.51. The third-order valence-corrected chi connectivity index (χ3v) is 4.51. The maximum atomic E-state index is 6.08. The lowest BCUT2D eigenvalue weighted by atomic mass is 9.99. The number of nitrogens with zero attached hydrogens (tertiary/aromatic N) is 4. The first kappa shape index (κ1) is 16.0. The van der Waals surface area contributed by atoms with Gasteiger partial charge in [-0.3, -0.25) is 0 Å². The molecule has 0 bridgehead atoms. The zero-order chi connectivity index (χ0) is 17.1. The van der Waals surface area contributed by atoms with Crippen LogP contribution in [0.2, 0.25) is 0 Å². The fourth-order valence-electron chi connectivity index (χ4n) is 3.27. The Morgan fingerprint density at radius 2 is 1.88 bits per heavy atom. The fourth-order valence-corrected chi connectivity index (χ4v) is 3.27. The number of hydrogen-bond donors (Lipinski definition) is 1. The summed E-state index contributed by atoms with van der Waals surface area (Å²) in [5.41, 5.74) is 8.31. The van der Waals surface area contributed by atoms with Gasteiger partial charge in [0, 0.05) is 18.5 Å². The van der Waals surface area contributed by atoms with Crippen molar-refractivity contribution in [3.8, 4) is 0 Å². The normalized spacial score (nSPS) is 17.0. The van der Waals surface area contributed by atoms with Crippen LogP contribution in [0.15, 0.2) is 43.0 Å². The summed E-state index contributed by atoms with van der Waals surface area (Å²) in [5.74, 6) is -0.257. The van der Waals surface area contributed by atoms with Gasteiger partial charge in [-0.2, -0.15) is 0 Å². The van der Waals surface area contributed by atoms with Crippen molar-refractivity contribution in [2.45, 2.75) is 31.6 Å². The number of ether oxygens (including phenoxy) is 2. The monoisotopic (exact) mass is 339 g/mol. The Balaban J connectivity index is 1.51. The minimum atomic E-state index is -0.663. The van der Waals surface area contributed by atoms with Gasteiger partial charge in [0.15, 0.2) is 17.3 Å². The third-order valence-electron chi connectivity index (χ3n) is 4.51. The summed E-state index contributed by atoms with van der Waals surface area (Å²) in [6.07, 6.45) is 5.78. The van der Waals surface area contributed by atoms with E-state index in [1.165, 1.54) is 6.33 Å². The second-order valence-electron chi connectivity index (χ2n) is 6.14. The van der Waals surface area contributed by atoms with Gasteiger partial charge in [-0.15, -0.1) is 0 Å². The van der Waals surface area contributed by atoms with Gasteiger partial charge in [-0.25, -0.2) is 15.0 Å². The third kappa shape index (κ3) is 3.08. The summed E-state index contributed by atoms with van der Waals surface area (Å²) >= 11 is 0. The largest absolute Gasteiger partial charge is 0.382 e. The molecule has 0 aliphatic carbocycles. The number of rotatable bonds is 5. The van der Waals surface area contributed by atoms with Crippen LogP contribution in [-0.2, 0) is 21.8 Å². The highest BCUT2D eigenvalue weighted by Gasteiger charge is 2.36. The van der Waals surface area contributed by atoms with Crippen molar-refractivity contribution in [3.63, 3.8) is 0 Å². The molecular formula is C18H21N5O2. The van der Waals surface area contributed by atoms with Crippen LogP contribution in [0.4, 0.5) is 5.82 Å². The van der Waals surface area contributed by atoms with Crippen LogP contribution in [0.25, 0.3) is 11.2 Å². The van der Waals surface area contributed by atoms with Gasteiger partial charge in [0.2, 0.25) is 0 Å². The molecule has 0 radical (unpaired) electrons. The maximum Gasteiger partial charge on any atom is 0.194 e. The number of aromatic nitrogens is 4. The van der Waals surface area contributed by atoms with Gasteiger partial charge in [-0.05, 0) is 12.8 Å². The average Bonchev–Trinajstić information content (AvgIpc) is 3.08. The number of anilines is 1. The standard InChI is InChI=1S/C18H21N5O2/c19-16-15-17(21-12-20-16)23(13-22-15)9-4-8-18(24-10-5-11-25-18)14-6-2-1-3-7-14/h1-3,6-7,12-13H,4-5,8-11H2,(H2,19,20,21). The second-order valence-corrected chi connectivity index (χ2v) is 6.14. The average molecular weight is 339 g/mol. The molecule has 130 valence electrons. The molecule has 1 aliphatic heterocycles. The van der Waals surface area contributed by atoms with E-state index in [-0.39, 0.29) is 0 Å². The van der Waals surface area contributed by atoms with Crippen LogP contribution in [0.5, 0.6) is 0 Å². The predicted octanol–water partition coefficient (Wildman–Crippen LogP) is 2.48. The van der Waals surface area contributed by atoms with Crippen LogP contribution in [-0.4, -0.2) is 32.7 Å². The number of hydrogen-bond acceptors (Lipinski definition) is 6. The number of fused-ring (bicyclic) bond motifs is 1. The molecule has 7 heteroatoms. The summed E-state index contributed by atoms with van der Waals surface area (Å²) in [7, 11) is 0. The molecule has 1 aromatic carbocycles. The van der Waals surface area contributed by atoms with Crippen LogP contribution in [0.3, 0.4) is 0 Å². The van der Waals surface area contributed by atoms with Gasteiger partial charge in [-0.1, -0.05) is 30.3 Å². The summed E-state index contributed by atoms with van der Waals surface area (Å²) in [5, 5.41) is 0. The molecule has 2 aromatic heterocycles. The van der Waals surface area contributed by atoms with E-state index >= 15 is 0 Å². The topological polar surface area (TPSA) is 88.1 Å². The van der Waals surface area contributed by atoms with Crippen molar-refractivity contribution >= 4 is 17.0 Å². The van der Waals surface area contributed by atoms with E-state index in [9.17, 15) is 0 Å². The number of aryl methyl sites for hydroxylation is 1. The Kier molecular flexibility index (Phi) is 4.33. The van der Waals surface area contributed by atoms with Crippen molar-refractivity contribution < 1.29 is 9.47 Å². The molecule has 0 unspecified atom stereocenters. The summed E-state index contributed by atoms with van der Waals surface area (Å²) < 4.78 is 14.2. The zero-order valence-electron chi connectivity index (χ0n) is 14.0. The summed E-state index contributed by atoms with van der Waals surface area (Å²) in [4.78, 5) is 12.6. The smallest absolute Gasteiger partial charge is 0.194 e. The quantitative estimate of drug-likeness (QED) is 0.768. The highest BCUT2D eigenvalue weighted by molar-refractivity contribution is 5.80. The van der Waals surface area contributed by atoms with E-state index in [0.717, 1.165) is 37.0 Å². The van der Waals surface area contributed by atoms with Crippen molar-refractivity contribution in [3.05, 3.63) is 48.5 Å². The van der Waals surface area contributed by atoms with Crippen molar-refractivity contribution in [2.24, 2.45) is 0 Å². The molecule has 0 spiro atoms. The van der Waals surface area contributed by atoms with Gasteiger partial charge < -0.3 is 19.8 Å².